The maximum Gasteiger partial charge on any atom is 0.147 e. The van der Waals surface area contributed by atoms with E-state index in [0.29, 0.717) is 22.6 Å². The molecule has 31 heavy (non-hydrogen) atoms. The molecular weight excluding hydrogens is 402 g/mol. The zero-order valence-corrected chi connectivity index (χ0v) is 17.6. The predicted octanol–water partition coefficient (Wildman–Crippen LogP) is 7.37. The van der Waals surface area contributed by atoms with Crippen molar-refractivity contribution in [1.82, 2.24) is 0 Å². The third kappa shape index (κ3) is 4.13. The lowest BCUT2D eigenvalue weighted by Gasteiger charge is -2.29. The smallest absolute Gasteiger partial charge is 0.147 e. The minimum Gasteiger partial charge on any atom is -0.206 e. The van der Waals surface area contributed by atoms with E-state index in [4.69, 9.17) is 5.26 Å². The van der Waals surface area contributed by atoms with E-state index < -0.39 is 28.8 Å². The Labute approximate surface area is 180 Å². The molecule has 0 amide bonds. The van der Waals surface area contributed by atoms with Gasteiger partial charge in [-0.15, -0.1) is 0 Å². The van der Waals surface area contributed by atoms with Gasteiger partial charge in [-0.3, -0.25) is 0 Å². The molecule has 0 spiro atoms. The lowest BCUT2D eigenvalue weighted by molar-refractivity contribution is 0.307. The molecule has 0 unspecified atom stereocenters. The number of rotatable bonds is 4. The lowest BCUT2D eigenvalue weighted by Crippen LogP contribution is -2.14. The van der Waals surface area contributed by atoms with Crippen LogP contribution in [0, 0.1) is 40.5 Å². The van der Waals surface area contributed by atoms with Crippen LogP contribution in [0.2, 0.25) is 0 Å². The highest BCUT2D eigenvalue weighted by molar-refractivity contribution is 5.72. The molecule has 0 N–H and O–H groups in total. The van der Waals surface area contributed by atoms with E-state index in [0.717, 1.165) is 38.2 Å². The number of allylic oxidation sites excluding steroid dienone is 2. The molecule has 2 aliphatic rings. The molecule has 162 valence electrons. The average Bonchev–Trinajstić information content (AvgIpc) is 2.74. The Balaban J connectivity index is 1.58. The maximum atomic E-state index is 15.0. The quantitative estimate of drug-likeness (QED) is 0.467. The third-order valence-electron chi connectivity index (χ3n) is 6.86. The Morgan fingerprint density at radius 2 is 1.65 bits per heavy atom. The van der Waals surface area contributed by atoms with Gasteiger partial charge in [-0.2, -0.15) is 5.26 Å². The zero-order valence-electron chi connectivity index (χ0n) is 17.6. The molecule has 0 aromatic heterocycles. The lowest BCUT2D eigenvalue weighted by atomic mass is 9.77. The van der Waals surface area contributed by atoms with E-state index in [1.807, 2.05) is 0 Å². The van der Waals surface area contributed by atoms with E-state index in [9.17, 15) is 8.78 Å². The summed E-state index contributed by atoms with van der Waals surface area (Å²) in [5.74, 6) is -2.22. The first-order valence-corrected chi connectivity index (χ1v) is 11.0. The second-order valence-corrected chi connectivity index (χ2v) is 8.77. The summed E-state index contributed by atoms with van der Waals surface area (Å²) in [5, 5.41) is 8.93. The van der Waals surface area contributed by atoms with Crippen LogP contribution in [-0.2, 0) is 12.8 Å². The molecule has 2 aromatic rings. The Morgan fingerprint density at radius 3 is 2.26 bits per heavy atom. The van der Waals surface area contributed by atoms with Crippen molar-refractivity contribution in [2.75, 3.05) is 0 Å². The SMILES string of the molecule is CCCC1CCC(c2cc(F)c(C3=CCc4c(cc(F)c(C#N)c4F)C3)c(F)c2)CC1. The normalized spacial score (nSPS) is 20.7. The van der Waals surface area contributed by atoms with Crippen molar-refractivity contribution in [2.45, 2.75) is 64.2 Å². The highest BCUT2D eigenvalue weighted by Gasteiger charge is 2.27. The summed E-state index contributed by atoms with van der Waals surface area (Å²) in [7, 11) is 0. The molecular formula is C26H25F4N. The molecule has 0 aliphatic heterocycles. The Morgan fingerprint density at radius 1 is 0.968 bits per heavy atom. The van der Waals surface area contributed by atoms with Crippen LogP contribution in [0.4, 0.5) is 17.6 Å². The molecule has 0 saturated heterocycles. The molecule has 1 saturated carbocycles. The number of fused-ring (bicyclic) bond motifs is 1. The van der Waals surface area contributed by atoms with Crippen LogP contribution >= 0.6 is 0 Å². The Kier molecular flexibility index (Phi) is 6.18. The molecule has 0 bridgehead atoms. The third-order valence-corrected chi connectivity index (χ3v) is 6.86. The number of hydrogen-bond acceptors (Lipinski definition) is 1. The van der Waals surface area contributed by atoms with Crippen LogP contribution < -0.4 is 0 Å². The van der Waals surface area contributed by atoms with Gasteiger partial charge in [-0.05, 0) is 90.8 Å². The molecule has 1 nitrogen and oxygen atoms in total. The van der Waals surface area contributed by atoms with Gasteiger partial charge in [0.2, 0.25) is 0 Å². The summed E-state index contributed by atoms with van der Waals surface area (Å²) >= 11 is 0. The monoisotopic (exact) mass is 427 g/mol. The summed E-state index contributed by atoms with van der Waals surface area (Å²) in [6, 6.07) is 5.49. The molecule has 2 aliphatic carbocycles. The molecule has 0 heterocycles. The highest BCUT2D eigenvalue weighted by Crippen LogP contribution is 2.40. The van der Waals surface area contributed by atoms with Crippen molar-refractivity contribution in [3.63, 3.8) is 0 Å². The van der Waals surface area contributed by atoms with E-state index in [1.165, 1.54) is 24.6 Å². The molecule has 4 rings (SSSR count). The summed E-state index contributed by atoms with van der Waals surface area (Å²) in [4.78, 5) is 0. The van der Waals surface area contributed by atoms with Crippen LogP contribution in [-0.4, -0.2) is 0 Å². The van der Waals surface area contributed by atoms with Gasteiger partial charge >= 0.3 is 0 Å². The van der Waals surface area contributed by atoms with E-state index >= 15 is 8.78 Å². The van der Waals surface area contributed by atoms with Gasteiger partial charge < -0.3 is 0 Å². The first-order valence-electron chi connectivity index (χ1n) is 11.0. The van der Waals surface area contributed by atoms with Gasteiger partial charge in [0, 0.05) is 5.56 Å². The van der Waals surface area contributed by atoms with Crippen LogP contribution in [0.1, 0.15) is 79.2 Å². The Bertz CT molecular complexity index is 1050. The number of nitrogens with zero attached hydrogens (tertiary/aromatic N) is 1. The number of halogens is 4. The van der Waals surface area contributed by atoms with Gasteiger partial charge in [0.05, 0.1) is 0 Å². The summed E-state index contributed by atoms with van der Waals surface area (Å²) in [6.45, 7) is 2.18. The number of hydrogen-bond donors (Lipinski definition) is 0. The minimum atomic E-state index is -0.949. The van der Waals surface area contributed by atoms with Crippen LogP contribution in [0.5, 0.6) is 0 Å². The summed E-state index contributed by atoms with van der Waals surface area (Å²) in [6.07, 6.45) is 8.09. The fourth-order valence-electron chi connectivity index (χ4n) is 5.21. The van der Waals surface area contributed by atoms with Gasteiger partial charge in [0.25, 0.3) is 0 Å². The second-order valence-electron chi connectivity index (χ2n) is 8.77. The topological polar surface area (TPSA) is 23.8 Å². The summed E-state index contributed by atoms with van der Waals surface area (Å²) < 4.78 is 58.5. The average molecular weight is 427 g/mol. The highest BCUT2D eigenvalue weighted by atomic mass is 19.1. The van der Waals surface area contributed by atoms with Crippen LogP contribution in [0.15, 0.2) is 24.3 Å². The number of nitriles is 1. The van der Waals surface area contributed by atoms with E-state index in [1.54, 1.807) is 6.08 Å². The van der Waals surface area contributed by atoms with Crippen molar-refractivity contribution in [3.05, 3.63) is 75.4 Å². The van der Waals surface area contributed by atoms with E-state index in [2.05, 4.69) is 6.92 Å². The van der Waals surface area contributed by atoms with Gasteiger partial charge in [-0.1, -0.05) is 25.8 Å². The van der Waals surface area contributed by atoms with Gasteiger partial charge in [0.15, 0.2) is 0 Å². The summed E-state index contributed by atoms with van der Waals surface area (Å²) in [5.41, 5.74) is 0.863. The molecule has 2 aromatic carbocycles. The minimum absolute atomic E-state index is 0.0181. The molecule has 0 radical (unpaired) electrons. The first kappa shape index (κ1) is 21.6. The van der Waals surface area contributed by atoms with E-state index in [-0.39, 0.29) is 29.9 Å². The first-order chi connectivity index (χ1) is 14.9. The van der Waals surface area contributed by atoms with Crippen molar-refractivity contribution < 1.29 is 17.6 Å². The standard InChI is InChI=1S/C26H25F4N/c1-2-3-15-4-6-16(7-5-15)18-11-23(28)25(24(29)12-18)17-8-9-20-19(10-17)13-22(27)21(14-31)26(20)30/h8,11-13,15-16H,2-7,9-10H2,1H3. The fraction of sp³-hybridized carbons (Fsp3) is 0.423. The van der Waals surface area contributed by atoms with Crippen molar-refractivity contribution in [2.24, 2.45) is 5.92 Å². The maximum absolute atomic E-state index is 15.0. The van der Waals surface area contributed by atoms with Crippen molar-refractivity contribution in [3.8, 4) is 6.07 Å². The molecule has 1 fully saturated rings. The number of benzene rings is 2. The van der Waals surface area contributed by atoms with Crippen molar-refractivity contribution >= 4 is 5.57 Å². The van der Waals surface area contributed by atoms with Gasteiger partial charge in [-0.25, -0.2) is 17.6 Å². The fourth-order valence-corrected chi connectivity index (χ4v) is 5.21. The predicted molar refractivity (Wildman–Crippen MR) is 112 cm³/mol. The van der Waals surface area contributed by atoms with Crippen LogP contribution in [0.25, 0.3) is 5.57 Å². The second kappa shape index (κ2) is 8.86. The zero-order chi connectivity index (χ0) is 22.1. The van der Waals surface area contributed by atoms with Crippen molar-refractivity contribution in [1.29, 1.82) is 5.26 Å². The largest absolute Gasteiger partial charge is 0.206 e. The molecule has 5 heteroatoms. The van der Waals surface area contributed by atoms with Gasteiger partial charge in [0.1, 0.15) is 34.9 Å². The Hall–Kier alpha value is -2.61. The van der Waals surface area contributed by atoms with Crippen LogP contribution in [0.3, 0.4) is 0 Å². The molecule has 0 atom stereocenters.